The summed E-state index contributed by atoms with van der Waals surface area (Å²) in [7, 11) is -1.63. The molecule has 1 saturated heterocycles. The fourth-order valence-electron chi connectivity index (χ4n) is 1.98. The summed E-state index contributed by atoms with van der Waals surface area (Å²) >= 11 is 0. The molecule has 20 heavy (non-hydrogen) atoms. The Bertz CT molecular complexity index is 313. The molecule has 0 radical (unpaired) electrons. The highest BCUT2D eigenvalue weighted by molar-refractivity contribution is 6.74. The lowest BCUT2D eigenvalue weighted by atomic mass is 10.1. The van der Waals surface area contributed by atoms with E-state index in [4.69, 9.17) is 19.6 Å². The summed E-state index contributed by atoms with van der Waals surface area (Å²) in [5.74, 6) is -0.486. The Morgan fingerprint density at radius 2 is 1.95 bits per heavy atom. The Labute approximate surface area is 125 Å². The van der Waals surface area contributed by atoms with Crippen LogP contribution in [0.5, 0.6) is 0 Å². The van der Waals surface area contributed by atoms with Crippen LogP contribution in [0.4, 0.5) is 0 Å². The molecule has 2 atom stereocenters. The van der Waals surface area contributed by atoms with Crippen LogP contribution in [0.2, 0.25) is 18.1 Å². The van der Waals surface area contributed by atoms with Crippen molar-refractivity contribution in [2.75, 3.05) is 13.2 Å². The smallest absolute Gasteiger partial charge is 0.191 e. The van der Waals surface area contributed by atoms with Crippen molar-refractivity contribution < 1.29 is 13.9 Å². The topological polar surface area (TPSA) is 53.7 Å². The zero-order valence-electron chi connectivity index (χ0n) is 14.3. The SMILES string of the molecule is CC1(C)OC[C@H]([C@@H](N)CCCO[Si](C)(C)C(C)(C)C)O1. The van der Waals surface area contributed by atoms with Crippen LogP contribution in [0.25, 0.3) is 0 Å². The van der Waals surface area contributed by atoms with E-state index in [0.29, 0.717) is 6.61 Å². The molecule has 1 heterocycles. The number of hydrogen-bond donors (Lipinski definition) is 1. The molecule has 0 amide bonds. The van der Waals surface area contributed by atoms with Crippen LogP contribution in [0, 0.1) is 0 Å². The van der Waals surface area contributed by atoms with Gasteiger partial charge in [0.15, 0.2) is 14.1 Å². The summed E-state index contributed by atoms with van der Waals surface area (Å²) < 4.78 is 17.5. The molecule has 1 rings (SSSR count). The molecule has 120 valence electrons. The van der Waals surface area contributed by atoms with Crippen LogP contribution in [0.15, 0.2) is 0 Å². The zero-order valence-corrected chi connectivity index (χ0v) is 15.3. The van der Waals surface area contributed by atoms with Crippen molar-refractivity contribution in [3.63, 3.8) is 0 Å². The first-order valence-corrected chi connectivity index (χ1v) is 10.6. The van der Waals surface area contributed by atoms with Gasteiger partial charge in [0.2, 0.25) is 0 Å². The number of hydrogen-bond acceptors (Lipinski definition) is 4. The summed E-state index contributed by atoms with van der Waals surface area (Å²) in [6.07, 6.45) is 1.91. The van der Waals surface area contributed by atoms with Gasteiger partial charge < -0.3 is 19.6 Å². The van der Waals surface area contributed by atoms with Gasteiger partial charge in [-0.1, -0.05) is 20.8 Å². The Hall–Kier alpha value is 0.0569. The molecule has 1 fully saturated rings. The Morgan fingerprint density at radius 3 is 2.40 bits per heavy atom. The average molecular weight is 304 g/mol. The average Bonchev–Trinajstić information content (AvgIpc) is 2.63. The fraction of sp³-hybridized carbons (Fsp3) is 1.00. The van der Waals surface area contributed by atoms with Crippen molar-refractivity contribution in [3.05, 3.63) is 0 Å². The van der Waals surface area contributed by atoms with Crippen molar-refractivity contribution in [2.24, 2.45) is 5.73 Å². The third-order valence-corrected chi connectivity index (χ3v) is 9.00. The second kappa shape index (κ2) is 6.44. The van der Waals surface area contributed by atoms with Crippen molar-refractivity contribution in [1.29, 1.82) is 0 Å². The van der Waals surface area contributed by atoms with Crippen molar-refractivity contribution >= 4 is 8.32 Å². The highest BCUT2D eigenvalue weighted by Gasteiger charge is 2.37. The van der Waals surface area contributed by atoms with E-state index in [9.17, 15) is 0 Å². The molecule has 0 aliphatic carbocycles. The largest absolute Gasteiger partial charge is 0.417 e. The van der Waals surface area contributed by atoms with Crippen molar-refractivity contribution in [3.8, 4) is 0 Å². The van der Waals surface area contributed by atoms with Gasteiger partial charge in [0.25, 0.3) is 0 Å². The van der Waals surface area contributed by atoms with E-state index >= 15 is 0 Å². The monoisotopic (exact) mass is 303 g/mol. The minimum Gasteiger partial charge on any atom is -0.417 e. The Kier molecular flexibility index (Phi) is 5.83. The van der Waals surface area contributed by atoms with Crippen LogP contribution in [0.3, 0.4) is 0 Å². The molecular formula is C15H33NO3Si. The summed E-state index contributed by atoms with van der Waals surface area (Å²) in [6, 6.07) is 0.0276. The quantitative estimate of drug-likeness (QED) is 0.604. The molecule has 0 bridgehead atoms. The first kappa shape index (κ1) is 18.1. The summed E-state index contributed by atoms with van der Waals surface area (Å²) in [4.78, 5) is 0. The highest BCUT2D eigenvalue weighted by Crippen LogP contribution is 2.36. The minimum atomic E-state index is -1.63. The van der Waals surface area contributed by atoms with E-state index in [1.54, 1.807) is 0 Å². The molecule has 0 aromatic heterocycles. The molecule has 1 aliphatic rings. The highest BCUT2D eigenvalue weighted by atomic mass is 28.4. The van der Waals surface area contributed by atoms with E-state index in [0.717, 1.165) is 19.4 Å². The summed E-state index contributed by atoms with van der Waals surface area (Å²) in [5, 5.41) is 0.265. The van der Waals surface area contributed by atoms with Crippen LogP contribution < -0.4 is 5.73 Å². The Balaban J connectivity index is 2.25. The van der Waals surface area contributed by atoms with E-state index in [-0.39, 0.29) is 17.2 Å². The van der Waals surface area contributed by atoms with Crippen LogP contribution in [0.1, 0.15) is 47.5 Å². The van der Waals surface area contributed by atoms with E-state index in [1.165, 1.54) is 0 Å². The molecule has 5 heteroatoms. The molecule has 1 aliphatic heterocycles. The van der Waals surface area contributed by atoms with Crippen molar-refractivity contribution in [2.45, 2.75) is 83.5 Å². The third kappa shape index (κ3) is 5.11. The molecule has 2 N–H and O–H groups in total. The Morgan fingerprint density at radius 1 is 1.35 bits per heavy atom. The van der Waals surface area contributed by atoms with Gasteiger partial charge in [-0.05, 0) is 44.8 Å². The standard InChI is InChI=1S/C15H33NO3Si/c1-14(2,3)20(6,7)18-10-8-9-12(16)13-11-17-15(4,5)19-13/h12-13H,8-11,16H2,1-7H3/t12-,13+/m0/s1. The van der Waals surface area contributed by atoms with Gasteiger partial charge in [0, 0.05) is 12.6 Å². The van der Waals surface area contributed by atoms with E-state index in [2.05, 4.69) is 33.9 Å². The van der Waals surface area contributed by atoms with Gasteiger partial charge in [0.1, 0.15) is 0 Å². The number of rotatable bonds is 6. The first-order chi connectivity index (χ1) is 8.95. The van der Waals surface area contributed by atoms with Gasteiger partial charge in [0.05, 0.1) is 12.7 Å². The normalized spacial score (nSPS) is 24.9. The minimum absolute atomic E-state index is 0.0119. The second-order valence-corrected chi connectivity index (χ2v) is 12.6. The lowest BCUT2D eigenvalue weighted by Gasteiger charge is -2.36. The maximum atomic E-state index is 6.19. The summed E-state index contributed by atoms with van der Waals surface area (Å²) in [5.41, 5.74) is 6.19. The zero-order chi connectivity index (χ0) is 15.6. The molecule has 0 aromatic carbocycles. The maximum absolute atomic E-state index is 6.19. The van der Waals surface area contributed by atoms with Crippen LogP contribution >= 0.6 is 0 Å². The van der Waals surface area contributed by atoms with Crippen LogP contribution in [-0.4, -0.2) is 39.5 Å². The van der Waals surface area contributed by atoms with Gasteiger partial charge in [-0.15, -0.1) is 0 Å². The lowest BCUT2D eigenvalue weighted by Crippen LogP contribution is -2.41. The molecule has 0 spiro atoms. The van der Waals surface area contributed by atoms with Crippen LogP contribution in [-0.2, 0) is 13.9 Å². The predicted octanol–water partition coefficient (Wildman–Crippen LogP) is 3.27. The summed E-state index contributed by atoms with van der Waals surface area (Å²) in [6.45, 7) is 16.6. The van der Waals surface area contributed by atoms with E-state index < -0.39 is 14.1 Å². The number of ether oxygens (including phenoxy) is 2. The number of nitrogens with two attached hydrogens (primary N) is 1. The second-order valence-electron chi connectivity index (χ2n) is 7.78. The van der Waals surface area contributed by atoms with Crippen molar-refractivity contribution in [1.82, 2.24) is 0 Å². The molecule has 4 nitrogen and oxygen atoms in total. The lowest BCUT2D eigenvalue weighted by molar-refractivity contribution is -0.140. The van der Waals surface area contributed by atoms with Gasteiger partial charge >= 0.3 is 0 Å². The van der Waals surface area contributed by atoms with E-state index in [1.807, 2.05) is 13.8 Å². The van der Waals surface area contributed by atoms with Gasteiger partial charge in [-0.25, -0.2) is 0 Å². The molecular weight excluding hydrogens is 270 g/mol. The fourth-order valence-corrected chi connectivity index (χ4v) is 3.06. The molecule has 0 saturated carbocycles. The van der Waals surface area contributed by atoms with Gasteiger partial charge in [-0.3, -0.25) is 0 Å². The predicted molar refractivity (Wildman–Crippen MR) is 85.3 cm³/mol. The third-order valence-electron chi connectivity index (χ3n) is 4.46. The maximum Gasteiger partial charge on any atom is 0.191 e. The van der Waals surface area contributed by atoms with Gasteiger partial charge in [-0.2, -0.15) is 0 Å². The first-order valence-electron chi connectivity index (χ1n) is 7.66. The molecule has 0 unspecified atom stereocenters. The molecule has 0 aromatic rings.